The fraction of sp³-hybridized carbons (Fsp3) is 0.250. The molecular formula is C8H10O5P2. The van der Waals surface area contributed by atoms with E-state index >= 15 is 0 Å². The van der Waals surface area contributed by atoms with Crippen molar-refractivity contribution in [3.05, 3.63) is 35.9 Å². The van der Waals surface area contributed by atoms with Crippen LogP contribution >= 0.6 is 16.3 Å². The van der Waals surface area contributed by atoms with Crippen molar-refractivity contribution < 1.29 is 23.1 Å². The molecule has 1 aromatic rings. The molecule has 0 aliphatic rings. The number of hydrogen-bond donors (Lipinski definition) is 1. The van der Waals surface area contributed by atoms with E-state index in [-0.39, 0.29) is 6.61 Å². The fourth-order valence-corrected chi connectivity index (χ4v) is 2.08. The quantitative estimate of drug-likeness (QED) is 0.783. The van der Waals surface area contributed by atoms with Gasteiger partial charge >= 0.3 is 16.3 Å². The van der Waals surface area contributed by atoms with Crippen LogP contribution in [0.2, 0.25) is 0 Å². The van der Waals surface area contributed by atoms with Crippen molar-refractivity contribution in [1.82, 2.24) is 0 Å². The molecule has 0 radical (unpaired) electrons. The van der Waals surface area contributed by atoms with E-state index < -0.39 is 22.6 Å². The molecular weight excluding hydrogens is 238 g/mol. The highest BCUT2D eigenvalue weighted by Crippen LogP contribution is 2.43. The third kappa shape index (κ3) is 5.17. The third-order valence-corrected chi connectivity index (χ3v) is 2.98. The fourth-order valence-electron chi connectivity index (χ4n) is 0.883. The molecule has 1 atom stereocenters. The van der Waals surface area contributed by atoms with Crippen LogP contribution in [0.3, 0.4) is 0 Å². The van der Waals surface area contributed by atoms with Gasteiger partial charge in [0, 0.05) is 0 Å². The molecule has 1 N–H and O–H groups in total. The van der Waals surface area contributed by atoms with Crippen LogP contribution < -0.4 is 0 Å². The summed E-state index contributed by atoms with van der Waals surface area (Å²) in [4.78, 5) is 9.17. The van der Waals surface area contributed by atoms with E-state index in [4.69, 9.17) is 4.52 Å². The van der Waals surface area contributed by atoms with Crippen LogP contribution in [0.25, 0.3) is 0 Å². The maximum Gasteiger partial charge on any atom is 0.354 e. The molecule has 0 aliphatic carbocycles. The van der Waals surface area contributed by atoms with Crippen LogP contribution in [0.15, 0.2) is 30.3 Å². The maximum atomic E-state index is 11.2. The summed E-state index contributed by atoms with van der Waals surface area (Å²) < 4.78 is 30.1. The SMILES string of the molecule is O=POCP(=O)(O)OCc1ccccc1. The molecule has 0 saturated carbocycles. The lowest BCUT2D eigenvalue weighted by Crippen LogP contribution is -1.95. The Morgan fingerprint density at radius 3 is 2.60 bits per heavy atom. The molecule has 1 rings (SSSR count). The van der Waals surface area contributed by atoms with Crippen LogP contribution in [0.5, 0.6) is 0 Å². The Bertz CT molecular complexity index is 353. The molecule has 0 spiro atoms. The minimum Gasteiger partial charge on any atom is -0.323 e. The lowest BCUT2D eigenvalue weighted by Gasteiger charge is -2.09. The zero-order valence-corrected chi connectivity index (χ0v) is 9.56. The van der Waals surface area contributed by atoms with Crippen molar-refractivity contribution in [2.24, 2.45) is 0 Å². The van der Waals surface area contributed by atoms with Crippen LogP contribution in [0.1, 0.15) is 5.56 Å². The van der Waals surface area contributed by atoms with Crippen molar-refractivity contribution in [2.75, 3.05) is 6.35 Å². The number of benzene rings is 1. The molecule has 15 heavy (non-hydrogen) atoms. The molecule has 7 heteroatoms. The molecule has 1 aromatic carbocycles. The highest BCUT2D eigenvalue weighted by atomic mass is 31.2. The van der Waals surface area contributed by atoms with Gasteiger partial charge in [-0.05, 0) is 5.56 Å². The Labute approximate surface area is 88.9 Å². The van der Waals surface area contributed by atoms with Gasteiger partial charge in [0.2, 0.25) is 0 Å². The van der Waals surface area contributed by atoms with Gasteiger partial charge in [0.1, 0.15) is 0 Å². The molecule has 82 valence electrons. The van der Waals surface area contributed by atoms with Crippen LogP contribution in [0.4, 0.5) is 0 Å². The van der Waals surface area contributed by atoms with E-state index in [2.05, 4.69) is 4.52 Å². The molecule has 0 bridgehead atoms. The van der Waals surface area contributed by atoms with Crippen LogP contribution in [-0.2, 0) is 24.8 Å². The highest BCUT2D eigenvalue weighted by molar-refractivity contribution is 7.52. The molecule has 5 nitrogen and oxygen atoms in total. The first kappa shape index (κ1) is 12.5. The molecule has 0 heterocycles. The van der Waals surface area contributed by atoms with E-state index in [1.807, 2.05) is 6.07 Å². The van der Waals surface area contributed by atoms with E-state index in [0.29, 0.717) is 0 Å². The second kappa shape index (κ2) is 6.11. The lowest BCUT2D eigenvalue weighted by atomic mass is 10.2. The summed E-state index contributed by atoms with van der Waals surface area (Å²) in [5.74, 6) is 0. The van der Waals surface area contributed by atoms with Gasteiger partial charge in [-0.3, -0.25) is 9.09 Å². The topological polar surface area (TPSA) is 72.8 Å². The Balaban J connectivity index is 2.42. The van der Waals surface area contributed by atoms with E-state index in [1.165, 1.54) is 0 Å². The summed E-state index contributed by atoms with van der Waals surface area (Å²) in [6.45, 7) is 0.0216. The van der Waals surface area contributed by atoms with Gasteiger partial charge in [0.05, 0.1) is 6.61 Å². The van der Waals surface area contributed by atoms with Gasteiger partial charge in [-0.1, -0.05) is 30.3 Å². The van der Waals surface area contributed by atoms with Crippen molar-refractivity contribution in [1.29, 1.82) is 0 Å². The molecule has 1 unspecified atom stereocenters. The Kier molecular flexibility index (Phi) is 5.09. The van der Waals surface area contributed by atoms with E-state index in [0.717, 1.165) is 5.56 Å². The molecule has 0 aromatic heterocycles. The Morgan fingerprint density at radius 2 is 2.00 bits per heavy atom. The van der Waals surface area contributed by atoms with Crippen molar-refractivity contribution in [3.63, 3.8) is 0 Å². The van der Waals surface area contributed by atoms with Gasteiger partial charge < -0.3 is 9.42 Å². The van der Waals surface area contributed by atoms with Gasteiger partial charge in [-0.25, -0.2) is 4.57 Å². The first-order valence-corrected chi connectivity index (χ1v) is 6.58. The first-order chi connectivity index (χ1) is 7.14. The van der Waals surface area contributed by atoms with Gasteiger partial charge in [-0.2, -0.15) is 0 Å². The second-order valence-corrected chi connectivity index (χ2v) is 4.93. The molecule has 0 amide bonds. The minimum atomic E-state index is -3.80. The van der Waals surface area contributed by atoms with E-state index in [9.17, 15) is 14.0 Å². The summed E-state index contributed by atoms with van der Waals surface area (Å²) in [6.07, 6.45) is -0.578. The Morgan fingerprint density at radius 1 is 1.33 bits per heavy atom. The normalized spacial score (nSPS) is 15.0. The molecule has 0 saturated heterocycles. The first-order valence-electron chi connectivity index (χ1n) is 4.09. The third-order valence-electron chi connectivity index (χ3n) is 1.55. The lowest BCUT2D eigenvalue weighted by molar-refractivity contribution is 0.227. The van der Waals surface area contributed by atoms with Crippen LogP contribution in [-0.4, -0.2) is 11.2 Å². The predicted molar refractivity (Wildman–Crippen MR) is 54.6 cm³/mol. The zero-order chi connectivity index (χ0) is 11.1. The molecule has 0 aliphatic heterocycles. The number of hydrogen-bond acceptors (Lipinski definition) is 4. The summed E-state index contributed by atoms with van der Waals surface area (Å²) in [6, 6.07) is 8.97. The summed E-state index contributed by atoms with van der Waals surface area (Å²) in [5.41, 5.74) is 0.784. The zero-order valence-electron chi connectivity index (χ0n) is 7.78. The minimum absolute atomic E-state index is 0.0216. The van der Waals surface area contributed by atoms with Gasteiger partial charge in [0.25, 0.3) is 0 Å². The second-order valence-electron chi connectivity index (χ2n) is 2.73. The average molecular weight is 248 g/mol. The summed E-state index contributed by atoms with van der Waals surface area (Å²) in [5, 5.41) is 0. The van der Waals surface area contributed by atoms with Gasteiger partial charge in [-0.15, -0.1) is 0 Å². The smallest absolute Gasteiger partial charge is 0.323 e. The van der Waals surface area contributed by atoms with E-state index in [1.54, 1.807) is 24.3 Å². The maximum absolute atomic E-state index is 11.2. The summed E-state index contributed by atoms with van der Waals surface area (Å²) in [7, 11) is -4.44. The average Bonchev–Trinajstić information content (AvgIpc) is 2.25. The summed E-state index contributed by atoms with van der Waals surface area (Å²) >= 11 is 0. The van der Waals surface area contributed by atoms with Gasteiger partial charge in [0.15, 0.2) is 6.35 Å². The van der Waals surface area contributed by atoms with Crippen molar-refractivity contribution in [3.8, 4) is 0 Å². The van der Waals surface area contributed by atoms with Crippen LogP contribution in [0, 0.1) is 0 Å². The predicted octanol–water partition coefficient (Wildman–Crippen LogP) is 2.57. The largest absolute Gasteiger partial charge is 0.354 e. The monoisotopic (exact) mass is 248 g/mol. The Hall–Kier alpha value is -0.570. The van der Waals surface area contributed by atoms with Crippen molar-refractivity contribution >= 4 is 16.3 Å². The standard InChI is InChI=1S/C8H10O5P2/c9-14-12-7-15(10,11)13-6-8-4-2-1-3-5-8/h1-5H,6-7H2,(H,10,11). The van der Waals surface area contributed by atoms with Crippen molar-refractivity contribution in [2.45, 2.75) is 6.61 Å². The molecule has 0 fully saturated rings. The number of rotatable bonds is 6. The highest BCUT2D eigenvalue weighted by Gasteiger charge is 2.19.